The molecule has 1 unspecified atom stereocenters. The molecule has 0 saturated carbocycles. The predicted molar refractivity (Wildman–Crippen MR) is 99.2 cm³/mol. The van der Waals surface area contributed by atoms with Crippen molar-refractivity contribution in [3.63, 3.8) is 0 Å². The molecule has 1 N–H and O–H groups in total. The summed E-state index contributed by atoms with van der Waals surface area (Å²) in [4.78, 5) is 19.1. The van der Waals surface area contributed by atoms with Gasteiger partial charge in [0.1, 0.15) is 5.76 Å². The third-order valence-electron chi connectivity index (χ3n) is 4.51. The summed E-state index contributed by atoms with van der Waals surface area (Å²) in [5, 5.41) is 3.02. The minimum Gasteiger partial charge on any atom is -0.475 e. The van der Waals surface area contributed by atoms with Crippen LogP contribution in [0.1, 0.15) is 55.3 Å². The lowest BCUT2D eigenvalue weighted by Gasteiger charge is -2.33. The van der Waals surface area contributed by atoms with E-state index >= 15 is 0 Å². The first-order chi connectivity index (χ1) is 12.6. The summed E-state index contributed by atoms with van der Waals surface area (Å²) in [6.07, 6.45) is 6.94. The molecule has 2 aromatic rings. The molecule has 26 heavy (non-hydrogen) atoms. The van der Waals surface area contributed by atoms with Gasteiger partial charge in [0.15, 0.2) is 0 Å². The molecule has 0 aromatic carbocycles. The lowest BCUT2D eigenvalue weighted by atomic mass is 10.1. The maximum Gasteiger partial charge on any atom is 0.252 e. The van der Waals surface area contributed by atoms with E-state index in [1.807, 2.05) is 26.0 Å². The zero-order chi connectivity index (χ0) is 18.4. The Hall–Kier alpha value is -2.34. The lowest BCUT2D eigenvalue weighted by Crippen LogP contribution is -2.40. The average molecular weight is 357 g/mol. The number of rotatable bonds is 7. The Morgan fingerprint density at radius 2 is 2.08 bits per heavy atom. The zero-order valence-electron chi connectivity index (χ0n) is 15.5. The summed E-state index contributed by atoms with van der Waals surface area (Å²) in [5.74, 6) is 1.28. The van der Waals surface area contributed by atoms with Crippen LogP contribution in [0.2, 0.25) is 0 Å². The fourth-order valence-corrected chi connectivity index (χ4v) is 3.24. The number of aromatic nitrogens is 1. The minimum absolute atomic E-state index is 0.0563. The maximum atomic E-state index is 12.5. The number of furan rings is 1. The lowest BCUT2D eigenvalue weighted by molar-refractivity contribution is 0.0913. The van der Waals surface area contributed by atoms with Gasteiger partial charge < -0.3 is 14.5 Å². The average Bonchev–Trinajstić information content (AvgIpc) is 3.17. The van der Waals surface area contributed by atoms with E-state index in [4.69, 9.17) is 9.15 Å². The van der Waals surface area contributed by atoms with Crippen LogP contribution in [-0.4, -0.2) is 41.5 Å². The third kappa shape index (κ3) is 4.85. The number of amides is 1. The van der Waals surface area contributed by atoms with Crippen LogP contribution >= 0.6 is 0 Å². The Morgan fingerprint density at radius 3 is 2.69 bits per heavy atom. The zero-order valence-corrected chi connectivity index (χ0v) is 15.5. The summed E-state index contributed by atoms with van der Waals surface area (Å²) >= 11 is 0. The quantitative estimate of drug-likeness (QED) is 0.822. The molecule has 1 amide bonds. The number of nitrogens with zero attached hydrogens (tertiary/aromatic N) is 2. The number of carbonyl (C=O) groups excluding carboxylic acids is 1. The van der Waals surface area contributed by atoms with Crippen LogP contribution in [0.4, 0.5) is 0 Å². The van der Waals surface area contributed by atoms with Gasteiger partial charge in [0.2, 0.25) is 5.88 Å². The molecule has 1 saturated heterocycles. The van der Waals surface area contributed by atoms with Gasteiger partial charge in [-0.25, -0.2) is 4.98 Å². The molecule has 3 rings (SSSR count). The van der Waals surface area contributed by atoms with Crippen LogP contribution in [0.25, 0.3) is 0 Å². The summed E-state index contributed by atoms with van der Waals surface area (Å²) in [5.41, 5.74) is 0.526. The first-order valence-corrected chi connectivity index (χ1v) is 9.32. The first kappa shape index (κ1) is 18.5. The molecule has 1 aliphatic rings. The van der Waals surface area contributed by atoms with Gasteiger partial charge in [0.25, 0.3) is 5.91 Å². The van der Waals surface area contributed by atoms with Crippen molar-refractivity contribution in [3.05, 3.63) is 48.0 Å². The van der Waals surface area contributed by atoms with E-state index in [-0.39, 0.29) is 18.1 Å². The summed E-state index contributed by atoms with van der Waals surface area (Å²) in [6, 6.07) is 7.40. The topological polar surface area (TPSA) is 67.6 Å². The van der Waals surface area contributed by atoms with Gasteiger partial charge in [-0.1, -0.05) is 6.42 Å². The van der Waals surface area contributed by atoms with Crippen LogP contribution in [0.3, 0.4) is 0 Å². The minimum atomic E-state index is -0.137. The van der Waals surface area contributed by atoms with Gasteiger partial charge in [0, 0.05) is 18.8 Å². The van der Waals surface area contributed by atoms with Gasteiger partial charge in [-0.3, -0.25) is 9.69 Å². The number of nitrogens with one attached hydrogen (secondary N) is 1. The van der Waals surface area contributed by atoms with Crippen molar-refractivity contribution in [1.29, 1.82) is 0 Å². The fourth-order valence-electron chi connectivity index (χ4n) is 3.24. The normalized spacial score (nSPS) is 16.4. The smallest absolute Gasteiger partial charge is 0.252 e. The molecule has 6 heteroatoms. The molecular weight excluding hydrogens is 330 g/mol. The van der Waals surface area contributed by atoms with E-state index in [0.717, 1.165) is 18.8 Å². The van der Waals surface area contributed by atoms with Crippen LogP contribution in [0, 0.1) is 0 Å². The molecule has 1 atom stereocenters. The molecule has 2 aromatic heterocycles. The van der Waals surface area contributed by atoms with Crippen molar-refractivity contribution in [3.8, 4) is 5.88 Å². The van der Waals surface area contributed by atoms with Crippen LogP contribution in [0.5, 0.6) is 5.88 Å². The van der Waals surface area contributed by atoms with Crippen LogP contribution in [-0.2, 0) is 0 Å². The van der Waals surface area contributed by atoms with E-state index in [2.05, 4.69) is 15.2 Å². The SMILES string of the molecule is CC(C)Oc1ccc(C(=O)NCC(c2ccco2)N2CCCCC2)cn1. The number of likely N-dealkylation sites (tertiary alicyclic amines) is 1. The van der Waals surface area contributed by atoms with Crippen molar-refractivity contribution in [2.45, 2.75) is 45.3 Å². The summed E-state index contributed by atoms with van der Waals surface area (Å²) in [6.45, 7) is 6.46. The predicted octanol–water partition coefficient (Wildman–Crippen LogP) is 3.42. The highest BCUT2D eigenvalue weighted by Gasteiger charge is 2.25. The van der Waals surface area contributed by atoms with Crippen molar-refractivity contribution in [1.82, 2.24) is 15.2 Å². The second kappa shape index (κ2) is 8.85. The molecule has 0 aliphatic carbocycles. The first-order valence-electron chi connectivity index (χ1n) is 9.32. The molecule has 6 nitrogen and oxygen atoms in total. The van der Waals surface area contributed by atoms with Crippen LogP contribution < -0.4 is 10.1 Å². The van der Waals surface area contributed by atoms with Crippen LogP contribution in [0.15, 0.2) is 41.1 Å². The van der Waals surface area contributed by atoms with Crippen molar-refractivity contribution < 1.29 is 13.9 Å². The van der Waals surface area contributed by atoms with Gasteiger partial charge in [0.05, 0.1) is 24.0 Å². The number of hydrogen-bond donors (Lipinski definition) is 1. The number of hydrogen-bond acceptors (Lipinski definition) is 5. The van der Waals surface area contributed by atoms with E-state index in [9.17, 15) is 4.79 Å². The highest BCUT2D eigenvalue weighted by molar-refractivity contribution is 5.93. The second-order valence-corrected chi connectivity index (χ2v) is 6.89. The molecule has 3 heterocycles. The van der Waals surface area contributed by atoms with Gasteiger partial charge in [-0.15, -0.1) is 0 Å². The van der Waals surface area contributed by atoms with Crippen molar-refractivity contribution >= 4 is 5.91 Å². The standard InChI is InChI=1S/C20H27N3O3/c1-15(2)26-19-9-8-16(13-21-19)20(24)22-14-17(18-7-6-12-25-18)23-10-4-3-5-11-23/h6-9,12-13,15,17H,3-5,10-11,14H2,1-2H3,(H,22,24). The Bertz CT molecular complexity index is 677. The number of piperidine rings is 1. The molecule has 0 spiro atoms. The number of carbonyl (C=O) groups is 1. The fraction of sp³-hybridized carbons (Fsp3) is 0.500. The molecule has 140 valence electrons. The highest BCUT2D eigenvalue weighted by atomic mass is 16.5. The van der Waals surface area contributed by atoms with E-state index < -0.39 is 0 Å². The highest BCUT2D eigenvalue weighted by Crippen LogP contribution is 2.24. The van der Waals surface area contributed by atoms with Gasteiger partial charge >= 0.3 is 0 Å². The summed E-state index contributed by atoms with van der Waals surface area (Å²) in [7, 11) is 0. The number of pyridine rings is 1. The second-order valence-electron chi connectivity index (χ2n) is 6.89. The maximum absolute atomic E-state index is 12.5. The molecular formula is C20H27N3O3. The number of ether oxygens (including phenoxy) is 1. The molecule has 1 aliphatic heterocycles. The van der Waals surface area contributed by atoms with Gasteiger partial charge in [-0.2, -0.15) is 0 Å². The van der Waals surface area contributed by atoms with Crippen molar-refractivity contribution in [2.24, 2.45) is 0 Å². The van der Waals surface area contributed by atoms with E-state index in [1.54, 1.807) is 24.6 Å². The third-order valence-corrected chi connectivity index (χ3v) is 4.51. The van der Waals surface area contributed by atoms with Gasteiger partial charge in [-0.05, 0) is 58.0 Å². The Morgan fingerprint density at radius 1 is 1.27 bits per heavy atom. The Kier molecular flexibility index (Phi) is 6.28. The van der Waals surface area contributed by atoms with E-state index in [1.165, 1.54) is 19.3 Å². The summed E-state index contributed by atoms with van der Waals surface area (Å²) < 4.78 is 11.1. The molecule has 0 bridgehead atoms. The Balaban J connectivity index is 1.62. The molecule has 0 radical (unpaired) electrons. The monoisotopic (exact) mass is 357 g/mol. The molecule has 1 fully saturated rings. The largest absolute Gasteiger partial charge is 0.475 e. The van der Waals surface area contributed by atoms with E-state index in [0.29, 0.717) is 18.0 Å². The Labute approximate surface area is 154 Å². The van der Waals surface area contributed by atoms with Crippen molar-refractivity contribution in [2.75, 3.05) is 19.6 Å².